The summed E-state index contributed by atoms with van der Waals surface area (Å²) < 4.78 is 32.5. The summed E-state index contributed by atoms with van der Waals surface area (Å²) in [6, 6.07) is 15.4. The van der Waals surface area contributed by atoms with E-state index in [-0.39, 0.29) is 17.1 Å². The van der Waals surface area contributed by atoms with Crippen molar-refractivity contribution in [2.24, 2.45) is 5.92 Å². The quantitative estimate of drug-likeness (QED) is 0.601. The zero-order valence-corrected chi connectivity index (χ0v) is 15.7. The summed E-state index contributed by atoms with van der Waals surface area (Å²) in [7, 11) is -2.08. The SMILES string of the molecule is CN1CCC(C(=O)NO)CC1S(=O)(=O)c1ccccc1Oc1ccccc1. The summed E-state index contributed by atoms with van der Waals surface area (Å²) in [5.74, 6) is -0.342. The van der Waals surface area contributed by atoms with Crippen LogP contribution in [-0.2, 0) is 14.6 Å². The molecule has 0 saturated carbocycles. The minimum Gasteiger partial charge on any atom is -0.456 e. The fourth-order valence-corrected chi connectivity index (χ4v) is 5.29. The third kappa shape index (κ3) is 4.13. The van der Waals surface area contributed by atoms with Gasteiger partial charge in [0.05, 0.1) is 0 Å². The fourth-order valence-electron chi connectivity index (χ4n) is 3.27. The monoisotopic (exact) mass is 390 g/mol. The predicted molar refractivity (Wildman–Crippen MR) is 99.2 cm³/mol. The van der Waals surface area contributed by atoms with E-state index in [1.807, 2.05) is 6.07 Å². The number of hydrogen-bond donors (Lipinski definition) is 2. The number of carbonyl (C=O) groups is 1. The van der Waals surface area contributed by atoms with E-state index in [0.29, 0.717) is 18.7 Å². The standard InChI is InChI=1S/C19H22N2O5S/c1-21-12-11-14(19(22)20-23)13-18(21)27(24,25)17-10-6-5-9-16(17)26-15-7-3-2-4-8-15/h2-10,14,18,23H,11-13H2,1H3,(H,20,22). The molecular weight excluding hydrogens is 368 g/mol. The topological polar surface area (TPSA) is 95.9 Å². The number of nitrogens with one attached hydrogen (secondary N) is 1. The fraction of sp³-hybridized carbons (Fsp3) is 0.316. The highest BCUT2D eigenvalue weighted by atomic mass is 32.2. The number of ether oxygens (including phenoxy) is 1. The van der Waals surface area contributed by atoms with Gasteiger partial charge in [-0.2, -0.15) is 0 Å². The summed E-state index contributed by atoms with van der Waals surface area (Å²) in [4.78, 5) is 13.6. The summed E-state index contributed by atoms with van der Waals surface area (Å²) >= 11 is 0. The lowest BCUT2D eigenvalue weighted by atomic mass is 9.96. The van der Waals surface area contributed by atoms with Gasteiger partial charge in [-0.25, -0.2) is 13.9 Å². The van der Waals surface area contributed by atoms with Crippen LogP contribution in [0.25, 0.3) is 0 Å². The molecule has 0 aliphatic carbocycles. The van der Waals surface area contributed by atoms with Crippen molar-refractivity contribution < 1.29 is 23.2 Å². The number of para-hydroxylation sites is 2. The molecule has 3 rings (SSSR count). The van der Waals surface area contributed by atoms with Crippen molar-refractivity contribution >= 4 is 15.7 Å². The number of hydroxylamine groups is 1. The molecule has 2 unspecified atom stereocenters. The first kappa shape index (κ1) is 19.3. The number of likely N-dealkylation sites (tertiary alicyclic amines) is 1. The molecular formula is C19H22N2O5S. The van der Waals surface area contributed by atoms with Gasteiger partial charge in [0.15, 0.2) is 9.84 Å². The molecule has 27 heavy (non-hydrogen) atoms. The Morgan fingerprint density at radius 2 is 1.81 bits per heavy atom. The third-order valence-corrected chi connectivity index (χ3v) is 6.99. The second kappa shape index (κ2) is 8.08. The number of piperidine rings is 1. The van der Waals surface area contributed by atoms with E-state index >= 15 is 0 Å². The van der Waals surface area contributed by atoms with Gasteiger partial charge in [0.25, 0.3) is 0 Å². The van der Waals surface area contributed by atoms with E-state index in [0.717, 1.165) is 0 Å². The van der Waals surface area contributed by atoms with Crippen LogP contribution in [0.5, 0.6) is 11.5 Å². The number of benzene rings is 2. The van der Waals surface area contributed by atoms with Gasteiger partial charge in [0.1, 0.15) is 21.8 Å². The molecule has 7 nitrogen and oxygen atoms in total. The van der Waals surface area contributed by atoms with Crippen LogP contribution in [0.4, 0.5) is 0 Å². The van der Waals surface area contributed by atoms with E-state index in [2.05, 4.69) is 0 Å². The molecule has 0 spiro atoms. The summed E-state index contributed by atoms with van der Waals surface area (Å²) in [6.45, 7) is 0.434. The zero-order chi connectivity index (χ0) is 19.4. The maximum absolute atomic E-state index is 13.3. The number of sulfone groups is 1. The molecule has 0 aromatic heterocycles. The van der Waals surface area contributed by atoms with E-state index in [1.165, 1.54) is 6.07 Å². The minimum atomic E-state index is -3.80. The first-order valence-electron chi connectivity index (χ1n) is 8.63. The average molecular weight is 390 g/mol. The summed E-state index contributed by atoms with van der Waals surface area (Å²) in [6.07, 6.45) is 0.585. The Hall–Kier alpha value is -2.42. The lowest BCUT2D eigenvalue weighted by molar-refractivity contribution is -0.135. The second-order valence-corrected chi connectivity index (χ2v) is 8.61. The lowest BCUT2D eigenvalue weighted by Gasteiger charge is -2.35. The van der Waals surface area contributed by atoms with Gasteiger partial charge in [-0.15, -0.1) is 0 Å². The summed E-state index contributed by atoms with van der Waals surface area (Å²) in [5, 5.41) is 8.00. The smallest absolute Gasteiger partial charge is 0.246 e. The van der Waals surface area contributed by atoms with Crippen molar-refractivity contribution in [2.45, 2.75) is 23.1 Å². The van der Waals surface area contributed by atoms with Crippen molar-refractivity contribution in [1.29, 1.82) is 0 Å². The molecule has 1 saturated heterocycles. The van der Waals surface area contributed by atoms with Gasteiger partial charge in [0, 0.05) is 5.92 Å². The molecule has 1 amide bonds. The Kier molecular flexibility index (Phi) is 5.79. The Bertz CT molecular complexity index is 901. The molecule has 2 N–H and O–H groups in total. The number of amides is 1. The molecule has 1 aliphatic rings. The highest BCUT2D eigenvalue weighted by Crippen LogP contribution is 2.35. The minimum absolute atomic E-state index is 0.0794. The normalized spacial score (nSPS) is 20.8. The molecule has 1 heterocycles. The maximum Gasteiger partial charge on any atom is 0.246 e. The van der Waals surface area contributed by atoms with Crippen LogP contribution in [0.15, 0.2) is 59.5 Å². The molecule has 1 fully saturated rings. The molecule has 2 atom stereocenters. The van der Waals surface area contributed by atoms with Gasteiger partial charge in [-0.3, -0.25) is 14.9 Å². The number of hydrogen-bond acceptors (Lipinski definition) is 6. The van der Waals surface area contributed by atoms with Crippen molar-refractivity contribution in [3.05, 3.63) is 54.6 Å². The van der Waals surface area contributed by atoms with E-state index < -0.39 is 27.0 Å². The largest absolute Gasteiger partial charge is 0.456 e. The van der Waals surface area contributed by atoms with Crippen molar-refractivity contribution in [2.75, 3.05) is 13.6 Å². The molecule has 1 aliphatic heterocycles. The number of nitrogens with zero attached hydrogens (tertiary/aromatic N) is 1. The molecule has 0 radical (unpaired) electrons. The van der Waals surface area contributed by atoms with E-state index in [4.69, 9.17) is 9.94 Å². The zero-order valence-electron chi connectivity index (χ0n) is 14.9. The first-order chi connectivity index (χ1) is 12.9. The first-order valence-corrected chi connectivity index (χ1v) is 10.2. The van der Waals surface area contributed by atoms with Crippen LogP contribution in [-0.4, -0.2) is 43.4 Å². The number of carbonyl (C=O) groups excluding carboxylic acids is 1. The molecule has 0 bridgehead atoms. The second-order valence-electron chi connectivity index (χ2n) is 6.54. The Morgan fingerprint density at radius 3 is 2.52 bits per heavy atom. The molecule has 2 aromatic carbocycles. The molecule has 2 aromatic rings. The van der Waals surface area contributed by atoms with E-state index in [9.17, 15) is 13.2 Å². The molecule has 144 valence electrons. The van der Waals surface area contributed by atoms with Crippen LogP contribution in [0.1, 0.15) is 12.8 Å². The predicted octanol–water partition coefficient (Wildman–Crippen LogP) is 2.43. The summed E-state index contributed by atoms with van der Waals surface area (Å²) in [5.41, 5.74) is 1.63. The van der Waals surface area contributed by atoms with Crippen LogP contribution >= 0.6 is 0 Å². The van der Waals surface area contributed by atoms with Crippen molar-refractivity contribution in [1.82, 2.24) is 10.4 Å². The third-order valence-electron chi connectivity index (χ3n) is 4.77. The lowest BCUT2D eigenvalue weighted by Crippen LogP contribution is -2.47. The van der Waals surface area contributed by atoms with Gasteiger partial charge in [-0.1, -0.05) is 30.3 Å². The molecule has 8 heteroatoms. The van der Waals surface area contributed by atoms with Crippen molar-refractivity contribution in [3.63, 3.8) is 0 Å². The highest BCUT2D eigenvalue weighted by molar-refractivity contribution is 7.92. The van der Waals surface area contributed by atoms with Crippen LogP contribution < -0.4 is 10.2 Å². The van der Waals surface area contributed by atoms with E-state index in [1.54, 1.807) is 59.9 Å². The van der Waals surface area contributed by atoms with Gasteiger partial charge in [-0.05, 0) is 50.7 Å². The Morgan fingerprint density at radius 1 is 1.15 bits per heavy atom. The maximum atomic E-state index is 13.3. The average Bonchev–Trinajstić information content (AvgIpc) is 2.68. The Balaban J connectivity index is 1.93. The van der Waals surface area contributed by atoms with Crippen LogP contribution in [0.2, 0.25) is 0 Å². The van der Waals surface area contributed by atoms with Crippen LogP contribution in [0, 0.1) is 5.92 Å². The van der Waals surface area contributed by atoms with Crippen LogP contribution in [0.3, 0.4) is 0 Å². The highest BCUT2D eigenvalue weighted by Gasteiger charge is 2.40. The van der Waals surface area contributed by atoms with Gasteiger partial charge < -0.3 is 4.74 Å². The van der Waals surface area contributed by atoms with Gasteiger partial charge >= 0.3 is 0 Å². The number of rotatable bonds is 5. The van der Waals surface area contributed by atoms with Gasteiger partial charge in [0.2, 0.25) is 5.91 Å². The van der Waals surface area contributed by atoms with Crippen molar-refractivity contribution in [3.8, 4) is 11.5 Å². The Labute approximate surface area is 158 Å².